The van der Waals surface area contributed by atoms with Crippen molar-refractivity contribution in [2.75, 3.05) is 0 Å². The van der Waals surface area contributed by atoms with E-state index < -0.39 is 0 Å². The van der Waals surface area contributed by atoms with E-state index >= 15 is 0 Å². The molecule has 0 bridgehead atoms. The fourth-order valence-corrected chi connectivity index (χ4v) is 1.19. The molecule has 2 heteroatoms. The minimum atomic E-state index is 0. The van der Waals surface area contributed by atoms with Crippen molar-refractivity contribution in [2.45, 2.75) is 32.1 Å². The molecule has 50 valence electrons. The standard InChI is InChI=1S/C7H13.ClH.Hg/c1-7-5-3-2-4-6-7;;/h7H,1-6H2;1H;/q;;+1/p-1. The third kappa shape index (κ3) is 5.66. The van der Waals surface area contributed by atoms with Gasteiger partial charge >= 0.3 is 27.7 Å². The molecule has 0 amide bonds. The van der Waals surface area contributed by atoms with Crippen molar-refractivity contribution in [2.24, 2.45) is 5.92 Å². The molecular weight excluding hydrogens is 320 g/mol. The summed E-state index contributed by atoms with van der Waals surface area (Å²) in [6.07, 6.45) is 7.05. The van der Waals surface area contributed by atoms with E-state index in [4.69, 9.17) is 0 Å². The molecule has 9 heavy (non-hydrogen) atoms. The monoisotopic (exact) mass is 334 g/mol. The maximum absolute atomic E-state index is 4.00. The van der Waals surface area contributed by atoms with Gasteiger partial charge in [-0.1, -0.05) is 39.0 Å². The van der Waals surface area contributed by atoms with Crippen LogP contribution >= 0.6 is 0 Å². The fraction of sp³-hybridized carbons (Fsp3) is 0.857. The van der Waals surface area contributed by atoms with Crippen molar-refractivity contribution in [3.05, 3.63) is 6.92 Å². The van der Waals surface area contributed by atoms with Crippen molar-refractivity contribution in [3.8, 4) is 0 Å². The second-order valence-corrected chi connectivity index (χ2v) is 2.50. The summed E-state index contributed by atoms with van der Waals surface area (Å²) in [6, 6.07) is 0. The molecule has 0 saturated heterocycles. The van der Waals surface area contributed by atoms with E-state index in [0.29, 0.717) is 0 Å². The van der Waals surface area contributed by atoms with Crippen molar-refractivity contribution >= 4 is 0 Å². The molecule has 0 unspecified atom stereocenters. The van der Waals surface area contributed by atoms with Crippen molar-refractivity contribution in [1.82, 2.24) is 0 Å². The molecule has 1 fully saturated rings. The second kappa shape index (κ2) is 7.33. The first-order valence-electron chi connectivity index (χ1n) is 3.22. The zero-order valence-electron chi connectivity index (χ0n) is 5.91. The average molecular weight is 333 g/mol. The van der Waals surface area contributed by atoms with E-state index in [1.807, 2.05) is 0 Å². The van der Waals surface area contributed by atoms with Crippen LogP contribution in [0.4, 0.5) is 0 Å². The largest absolute Gasteiger partial charge is 1.00 e. The number of hydrogen-bond donors (Lipinski definition) is 0. The van der Waals surface area contributed by atoms with Gasteiger partial charge in [0, 0.05) is 0 Å². The molecule has 0 spiro atoms. The molecule has 0 aromatic heterocycles. The second-order valence-electron chi connectivity index (χ2n) is 2.50. The van der Waals surface area contributed by atoms with Gasteiger partial charge in [-0.15, -0.1) is 0 Å². The Balaban J connectivity index is 0. The smallest absolute Gasteiger partial charge is 1.00 e. The molecule has 1 aliphatic rings. The molecule has 0 aliphatic heterocycles. The third-order valence-corrected chi connectivity index (χ3v) is 1.72. The Labute approximate surface area is 84.7 Å². The molecule has 2 radical (unpaired) electrons. The predicted octanol–water partition coefficient (Wildman–Crippen LogP) is -0.598. The first-order valence-corrected chi connectivity index (χ1v) is 3.22. The van der Waals surface area contributed by atoms with Gasteiger partial charge in [0.25, 0.3) is 0 Å². The summed E-state index contributed by atoms with van der Waals surface area (Å²) >= 11 is 0. The minimum absolute atomic E-state index is 0. The summed E-state index contributed by atoms with van der Waals surface area (Å²) in [5.41, 5.74) is 0. The molecule has 0 aromatic carbocycles. The molecule has 0 nitrogen and oxygen atoms in total. The van der Waals surface area contributed by atoms with Gasteiger partial charge < -0.3 is 12.4 Å². The van der Waals surface area contributed by atoms with Gasteiger partial charge in [0.2, 0.25) is 0 Å². The number of hydrogen-bond acceptors (Lipinski definition) is 0. The molecule has 0 heterocycles. The Bertz CT molecular complexity index is 50.9. The summed E-state index contributed by atoms with van der Waals surface area (Å²) in [5, 5.41) is 0. The first-order chi connectivity index (χ1) is 3.39. The zero-order chi connectivity index (χ0) is 5.11. The van der Waals surface area contributed by atoms with E-state index in [9.17, 15) is 0 Å². The van der Waals surface area contributed by atoms with Gasteiger partial charge in [-0.05, 0) is 5.92 Å². The van der Waals surface area contributed by atoms with E-state index in [1.165, 1.54) is 32.1 Å². The average Bonchev–Trinajstić information content (AvgIpc) is 1.69. The van der Waals surface area contributed by atoms with Gasteiger partial charge in [0.05, 0.1) is 0 Å². The van der Waals surface area contributed by atoms with E-state index in [0.717, 1.165) is 5.92 Å². The maximum atomic E-state index is 4.00. The van der Waals surface area contributed by atoms with Gasteiger partial charge in [-0.2, -0.15) is 0 Å². The maximum Gasteiger partial charge on any atom is 1.00 e. The summed E-state index contributed by atoms with van der Waals surface area (Å²) in [5.74, 6) is 0.786. The molecule has 1 rings (SSSR count). The van der Waals surface area contributed by atoms with Crippen LogP contribution in [-0.4, -0.2) is 0 Å². The summed E-state index contributed by atoms with van der Waals surface area (Å²) in [6.45, 7) is 4.00. The molecule has 0 atom stereocenters. The molecule has 0 aromatic rings. The van der Waals surface area contributed by atoms with Crippen LogP contribution in [0.1, 0.15) is 32.1 Å². The van der Waals surface area contributed by atoms with Crippen LogP contribution in [-0.2, 0) is 27.7 Å². The Hall–Kier alpha value is 1.23. The molecule has 1 saturated carbocycles. The zero-order valence-corrected chi connectivity index (χ0v) is 12.2. The van der Waals surface area contributed by atoms with Crippen LogP contribution in [0, 0.1) is 12.8 Å². The number of halogens is 1. The Morgan fingerprint density at radius 1 is 1.00 bits per heavy atom. The van der Waals surface area contributed by atoms with Crippen LogP contribution < -0.4 is 12.4 Å². The quantitative estimate of drug-likeness (QED) is 0.520. The molecule has 0 N–H and O–H groups in total. The Morgan fingerprint density at radius 2 is 1.44 bits per heavy atom. The van der Waals surface area contributed by atoms with Gasteiger partial charge in [-0.3, -0.25) is 0 Å². The van der Waals surface area contributed by atoms with Gasteiger partial charge in [0.15, 0.2) is 0 Å². The van der Waals surface area contributed by atoms with Crippen LogP contribution in [0.3, 0.4) is 0 Å². The van der Waals surface area contributed by atoms with Gasteiger partial charge in [0.1, 0.15) is 0 Å². The summed E-state index contributed by atoms with van der Waals surface area (Å²) < 4.78 is 0. The van der Waals surface area contributed by atoms with Crippen LogP contribution in [0.2, 0.25) is 0 Å². The molecule has 1 aliphatic carbocycles. The number of rotatable bonds is 0. The van der Waals surface area contributed by atoms with Crippen molar-refractivity contribution in [3.63, 3.8) is 0 Å². The summed E-state index contributed by atoms with van der Waals surface area (Å²) in [4.78, 5) is 0. The van der Waals surface area contributed by atoms with Crippen LogP contribution in [0.15, 0.2) is 0 Å². The topological polar surface area (TPSA) is 0 Å². The SMILES string of the molecule is [CH2]C1CCCCC1.[Cl-].[Hg+]. The Kier molecular flexibility index (Phi) is 10.5. The summed E-state index contributed by atoms with van der Waals surface area (Å²) in [7, 11) is 0. The van der Waals surface area contributed by atoms with Crippen molar-refractivity contribution < 1.29 is 40.1 Å². The Morgan fingerprint density at radius 3 is 1.67 bits per heavy atom. The van der Waals surface area contributed by atoms with Crippen LogP contribution in [0.5, 0.6) is 0 Å². The van der Waals surface area contributed by atoms with Gasteiger partial charge in [-0.25, -0.2) is 0 Å². The first kappa shape index (κ1) is 12.9. The fourth-order valence-electron chi connectivity index (χ4n) is 1.19. The van der Waals surface area contributed by atoms with E-state index in [-0.39, 0.29) is 40.1 Å². The van der Waals surface area contributed by atoms with Crippen LogP contribution in [0.25, 0.3) is 0 Å². The van der Waals surface area contributed by atoms with E-state index in [1.54, 1.807) is 0 Å². The normalized spacial score (nSPS) is 19.7. The third-order valence-electron chi connectivity index (χ3n) is 1.72. The predicted molar refractivity (Wildman–Crippen MR) is 31.9 cm³/mol. The van der Waals surface area contributed by atoms with Crippen molar-refractivity contribution in [1.29, 1.82) is 0 Å². The minimum Gasteiger partial charge on any atom is -1.00 e. The molecular formula is C7H13ClHg. The van der Waals surface area contributed by atoms with E-state index in [2.05, 4.69) is 6.92 Å².